The number of likely N-dealkylation sites (tertiary alicyclic amines) is 1. The molecule has 0 aromatic heterocycles. The van der Waals surface area contributed by atoms with Crippen molar-refractivity contribution in [3.63, 3.8) is 0 Å². The number of halogens is 1. The van der Waals surface area contributed by atoms with E-state index in [-0.39, 0.29) is 35.4 Å². The largest absolute Gasteiger partial charge is 0.490 e. The molecule has 198 valence electrons. The van der Waals surface area contributed by atoms with Crippen LogP contribution in [-0.2, 0) is 14.3 Å². The second-order valence-electron chi connectivity index (χ2n) is 11.0. The van der Waals surface area contributed by atoms with Crippen molar-refractivity contribution in [3.8, 4) is 5.75 Å². The minimum absolute atomic E-state index is 0.000963. The normalized spacial score (nSPS) is 21.7. The smallest absolute Gasteiger partial charge is 0.410 e. The maximum Gasteiger partial charge on any atom is 0.410 e. The molecule has 3 aliphatic rings. The monoisotopic (exact) mass is 502 g/mol. The van der Waals surface area contributed by atoms with Crippen molar-refractivity contribution in [2.45, 2.75) is 58.5 Å². The summed E-state index contributed by atoms with van der Waals surface area (Å²) in [4.78, 5) is 28.6. The first-order valence-electron chi connectivity index (χ1n) is 13.2. The van der Waals surface area contributed by atoms with Gasteiger partial charge in [-0.3, -0.25) is 4.79 Å². The lowest BCUT2D eigenvalue weighted by Gasteiger charge is -2.33. The molecule has 8 heteroatoms. The van der Waals surface area contributed by atoms with Crippen LogP contribution in [0.2, 0.25) is 0 Å². The molecule has 2 saturated heterocycles. The van der Waals surface area contributed by atoms with E-state index in [1.807, 2.05) is 31.7 Å². The fraction of sp³-hybridized carbons (Fsp3) is 0.643. The minimum atomic E-state index is -0.504. The summed E-state index contributed by atoms with van der Waals surface area (Å²) in [7, 11) is 0. The Hall–Kier alpha value is -2.61. The average Bonchev–Trinajstić information content (AvgIpc) is 2.87. The van der Waals surface area contributed by atoms with Crippen molar-refractivity contribution >= 4 is 17.6 Å². The molecule has 1 aromatic carbocycles. The van der Waals surface area contributed by atoms with Crippen molar-refractivity contribution in [1.29, 1.82) is 0 Å². The Bertz CT molecular complexity index is 959. The zero-order chi connectivity index (χ0) is 25.7. The molecule has 2 aliphatic heterocycles. The second-order valence-corrected chi connectivity index (χ2v) is 11.0. The summed E-state index contributed by atoms with van der Waals surface area (Å²) in [6.07, 6.45) is 5.64. The van der Waals surface area contributed by atoms with Gasteiger partial charge in [0.1, 0.15) is 5.60 Å². The molecule has 1 atom stereocenters. The second kappa shape index (κ2) is 11.6. The van der Waals surface area contributed by atoms with E-state index >= 15 is 0 Å². The highest BCUT2D eigenvalue weighted by atomic mass is 19.1. The van der Waals surface area contributed by atoms with Gasteiger partial charge in [-0.2, -0.15) is 0 Å². The number of allylic oxidation sites excluding steroid dienone is 2. The number of hydrogen-bond acceptors (Lipinski definition) is 5. The molecule has 1 aliphatic carbocycles. The molecule has 2 heterocycles. The molecule has 0 bridgehead atoms. The Morgan fingerprint density at radius 1 is 1.06 bits per heavy atom. The Morgan fingerprint density at radius 3 is 2.39 bits per heavy atom. The number of carbonyl (C=O) groups is 2. The number of hydrogen-bond donors (Lipinski definition) is 0. The third-order valence-electron chi connectivity index (χ3n) is 7.13. The third kappa shape index (κ3) is 6.99. The third-order valence-corrected chi connectivity index (χ3v) is 7.13. The van der Waals surface area contributed by atoms with Crippen molar-refractivity contribution < 1.29 is 28.2 Å². The van der Waals surface area contributed by atoms with Crippen molar-refractivity contribution in [3.05, 3.63) is 35.7 Å². The SMILES string of the molecule is CC(C)(C)OC(=O)N1CCC(COc2ccc(C3=CCC(C(=O)N4CCOCC4)CC3)cc2F)CC1. The topological polar surface area (TPSA) is 68.3 Å². The molecule has 1 aromatic rings. The van der Waals surface area contributed by atoms with E-state index in [0.717, 1.165) is 36.8 Å². The highest BCUT2D eigenvalue weighted by Gasteiger charge is 2.29. The molecular weight excluding hydrogens is 463 g/mol. The number of benzene rings is 1. The van der Waals surface area contributed by atoms with E-state index in [1.54, 1.807) is 11.0 Å². The zero-order valence-electron chi connectivity index (χ0n) is 21.8. The highest BCUT2D eigenvalue weighted by Crippen LogP contribution is 2.33. The number of ether oxygens (including phenoxy) is 3. The number of nitrogens with zero attached hydrogens (tertiary/aromatic N) is 2. The summed E-state index contributed by atoms with van der Waals surface area (Å²) in [5.74, 6) is 0.363. The van der Waals surface area contributed by atoms with Crippen LogP contribution in [0.5, 0.6) is 5.75 Å². The van der Waals surface area contributed by atoms with Crippen molar-refractivity contribution in [2.75, 3.05) is 46.0 Å². The van der Waals surface area contributed by atoms with Gasteiger partial charge in [-0.05, 0) is 82.1 Å². The number of piperidine rings is 1. The van der Waals surface area contributed by atoms with E-state index < -0.39 is 5.60 Å². The summed E-state index contributed by atoms with van der Waals surface area (Å²) < 4.78 is 31.4. The molecule has 4 rings (SSSR count). The molecule has 1 unspecified atom stereocenters. The van der Waals surface area contributed by atoms with Gasteiger partial charge < -0.3 is 24.0 Å². The molecule has 36 heavy (non-hydrogen) atoms. The van der Waals surface area contributed by atoms with Gasteiger partial charge in [0.05, 0.1) is 19.8 Å². The Morgan fingerprint density at radius 2 is 1.78 bits per heavy atom. The zero-order valence-corrected chi connectivity index (χ0v) is 21.8. The Kier molecular flexibility index (Phi) is 8.54. The van der Waals surface area contributed by atoms with Gasteiger partial charge in [0.15, 0.2) is 11.6 Å². The van der Waals surface area contributed by atoms with E-state index in [9.17, 15) is 14.0 Å². The fourth-order valence-electron chi connectivity index (χ4n) is 5.00. The van der Waals surface area contributed by atoms with Gasteiger partial charge in [0.2, 0.25) is 5.91 Å². The van der Waals surface area contributed by atoms with E-state index in [4.69, 9.17) is 14.2 Å². The maximum absolute atomic E-state index is 14.8. The van der Waals surface area contributed by atoms with Crippen molar-refractivity contribution in [2.24, 2.45) is 11.8 Å². The summed E-state index contributed by atoms with van der Waals surface area (Å²) >= 11 is 0. The quantitative estimate of drug-likeness (QED) is 0.573. The van der Waals surface area contributed by atoms with Crippen LogP contribution in [0.1, 0.15) is 58.4 Å². The first-order chi connectivity index (χ1) is 17.2. The molecule has 2 fully saturated rings. The summed E-state index contributed by atoms with van der Waals surface area (Å²) in [5.41, 5.74) is 1.43. The van der Waals surface area contributed by atoms with Gasteiger partial charge >= 0.3 is 6.09 Å². The predicted molar refractivity (Wildman–Crippen MR) is 135 cm³/mol. The summed E-state index contributed by atoms with van der Waals surface area (Å²) in [5, 5.41) is 0. The first-order valence-corrected chi connectivity index (χ1v) is 13.2. The number of amides is 2. The highest BCUT2D eigenvalue weighted by molar-refractivity contribution is 5.81. The van der Waals surface area contributed by atoms with Gasteiger partial charge in [0.25, 0.3) is 0 Å². The Labute approximate surface area is 213 Å². The van der Waals surface area contributed by atoms with E-state index in [0.29, 0.717) is 52.4 Å². The first kappa shape index (κ1) is 26.5. The number of rotatable bonds is 5. The molecule has 0 N–H and O–H groups in total. The van der Waals surface area contributed by atoms with Crippen LogP contribution < -0.4 is 4.74 Å². The lowest BCUT2D eigenvalue weighted by molar-refractivity contribution is -0.139. The molecule has 2 amide bonds. The van der Waals surface area contributed by atoms with Crippen LogP contribution in [-0.4, -0.2) is 73.4 Å². The van der Waals surface area contributed by atoms with Gasteiger partial charge in [0, 0.05) is 32.1 Å². The lowest BCUT2D eigenvalue weighted by Crippen LogP contribution is -2.44. The fourth-order valence-corrected chi connectivity index (χ4v) is 5.00. The molecule has 0 spiro atoms. The summed E-state index contributed by atoms with van der Waals surface area (Å²) in [6, 6.07) is 5.14. The van der Waals surface area contributed by atoms with Crippen LogP contribution in [0.4, 0.5) is 9.18 Å². The molecule has 7 nitrogen and oxygen atoms in total. The number of carbonyl (C=O) groups excluding carboxylic acids is 2. The van der Waals surface area contributed by atoms with Crippen LogP contribution >= 0.6 is 0 Å². The molecular formula is C28H39FN2O5. The summed E-state index contributed by atoms with van der Waals surface area (Å²) in [6.45, 7) is 9.80. The van der Waals surface area contributed by atoms with Crippen LogP contribution in [0.25, 0.3) is 5.57 Å². The van der Waals surface area contributed by atoms with Crippen molar-refractivity contribution in [1.82, 2.24) is 9.80 Å². The molecule has 0 saturated carbocycles. The van der Waals surface area contributed by atoms with E-state index in [2.05, 4.69) is 6.08 Å². The van der Waals surface area contributed by atoms with Crippen LogP contribution in [0.3, 0.4) is 0 Å². The standard InChI is InChI=1S/C28H39FN2O5/c1-28(2,3)36-27(33)31-12-10-20(11-13-31)19-35-25-9-8-23(18-24(25)29)21-4-6-22(7-5-21)26(32)30-14-16-34-17-15-30/h4,8-9,18,20,22H,5-7,10-17,19H2,1-3H3. The Balaban J connectivity index is 1.24. The molecule has 0 radical (unpaired) electrons. The van der Waals surface area contributed by atoms with Gasteiger partial charge in [-0.1, -0.05) is 12.1 Å². The van der Waals surface area contributed by atoms with Gasteiger partial charge in [-0.15, -0.1) is 0 Å². The predicted octanol–water partition coefficient (Wildman–Crippen LogP) is 4.89. The van der Waals surface area contributed by atoms with Gasteiger partial charge in [-0.25, -0.2) is 9.18 Å². The number of morpholine rings is 1. The maximum atomic E-state index is 14.8. The van der Waals surface area contributed by atoms with Crippen LogP contribution in [0, 0.1) is 17.7 Å². The van der Waals surface area contributed by atoms with E-state index in [1.165, 1.54) is 6.07 Å². The lowest BCUT2D eigenvalue weighted by atomic mass is 9.85. The average molecular weight is 503 g/mol. The van der Waals surface area contributed by atoms with Crippen LogP contribution in [0.15, 0.2) is 24.3 Å². The minimum Gasteiger partial charge on any atom is -0.490 e.